The molecule has 0 saturated carbocycles. The van der Waals surface area contributed by atoms with E-state index in [1.54, 1.807) is 20.3 Å². The van der Waals surface area contributed by atoms with Crippen LogP contribution in [-0.2, 0) is 11.2 Å². The number of hydrogen-bond donors (Lipinski definition) is 3. The molecule has 7 heteroatoms. The highest BCUT2D eigenvalue weighted by atomic mass is 16.5. The molecule has 3 N–H and O–H groups in total. The topological polar surface area (TPSA) is 92.2 Å². The van der Waals surface area contributed by atoms with E-state index in [9.17, 15) is 9.90 Å². The summed E-state index contributed by atoms with van der Waals surface area (Å²) in [5, 5.41) is 19.2. The van der Waals surface area contributed by atoms with Crippen molar-refractivity contribution in [2.24, 2.45) is 5.10 Å². The number of nitrogens with zero attached hydrogens (tertiary/aromatic N) is 1. The molecule has 0 aromatic heterocycles. The van der Waals surface area contributed by atoms with E-state index >= 15 is 0 Å². The van der Waals surface area contributed by atoms with Crippen molar-refractivity contribution < 1.29 is 19.4 Å². The number of benzene rings is 3. The minimum atomic E-state index is -0.199. The van der Waals surface area contributed by atoms with Gasteiger partial charge < -0.3 is 19.9 Å². The minimum absolute atomic E-state index is 0.119. The first-order valence-electron chi connectivity index (χ1n) is 10.1. The summed E-state index contributed by atoms with van der Waals surface area (Å²) in [4.78, 5) is 12.0. The summed E-state index contributed by atoms with van der Waals surface area (Å²) in [6.45, 7) is 1.27. The van der Waals surface area contributed by atoms with E-state index in [4.69, 9.17) is 9.47 Å². The number of methoxy groups -OCH3 is 2. The van der Waals surface area contributed by atoms with E-state index < -0.39 is 0 Å². The molecule has 3 aromatic carbocycles. The summed E-state index contributed by atoms with van der Waals surface area (Å²) < 4.78 is 10.5. The summed E-state index contributed by atoms with van der Waals surface area (Å²) in [5.41, 5.74) is 4.20. The Kier molecular flexibility index (Phi) is 7.84. The van der Waals surface area contributed by atoms with Crippen LogP contribution >= 0.6 is 0 Å². The summed E-state index contributed by atoms with van der Waals surface area (Å²) in [5.74, 6) is 1.32. The standard InChI is InChI=1S/C24H27N3O4/c1-30-22-10-7-17(15-23(22)31-2)11-13-25-14-12-24(29)27-26-16-20-19-6-4-3-5-18(19)8-9-21(20)28/h3-10,15-16,25,28H,11-14H2,1-2H3,(H,27,29)/b26-16+. The number of rotatable bonds is 10. The predicted octanol–water partition coefficient (Wildman–Crippen LogP) is 3.24. The van der Waals surface area contributed by atoms with E-state index in [0.717, 1.165) is 29.3 Å². The molecule has 162 valence electrons. The maximum atomic E-state index is 12.0. The highest BCUT2D eigenvalue weighted by Gasteiger charge is 2.06. The third kappa shape index (κ3) is 5.96. The molecule has 0 heterocycles. The fraction of sp³-hybridized carbons (Fsp3) is 0.250. The number of hydrazone groups is 1. The third-order valence-electron chi connectivity index (χ3n) is 4.90. The number of nitrogens with one attached hydrogen (secondary N) is 2. The summed E-state index contributed by atoms with van der Waals surface area (Å²) in [6, 6.07) is 17.0. The molecule has 0 atom stereocenters. The lowest BCUT2D eigenvalue weighted by Gasteiger charge is -2.10. The summed E-state index contributed by atoms with van der Waals surface area (Å²) >= 11 is 0. The van der Waals surface area contributed by atoms with Gasteiger partial charge in [-0.25, -0.2) is 5.43 Å². The van der Waals surface area contributed by atoms with Crippen LogP contribution in [0.3, 0.4) is 0 Å². The average molecular weight is 421 g/mol. The molecule has 0 aliphatic carbocycles. The molecule has 0 spiro atoms. The number of fused-ring (bicyclic) bond motifs is 1. The van der Waals surface area contributed by atoms with Crippen LogP contribution in [0.25, 0.3) is 10.8 Å². The third-order valence-corrected chi connectivity index (χ3v) is 4.90. The second kappa shape index (κ2) is 11.0. The average Bonchev–Trinajstić information content (AvgIpc) is 2.80. The lowest BCUT2D eigenvalue weighted by Crippen LogP contribution is -2.25. The Bertz CT molecular complexity index is 1070. The smallest absolute Gasteiger partial charge is 0.241 e. The Balaban J connectivity index is 1.42. The monoisotopic (exact) mass is 421 g/mol. The minimum Gasteiger partial charge on any atom is -0.507 e. The van der Waals surface area contributed by atoms with Crippen molar-refractivity contribution >= 4 is 22.9 Å². The highest BCUT2D eigenvalue weighted by Crippen LogP contribution is 2.27. The first-order chi connectivity index (χ1) is 15.1. The van der Waals surface area contributed by atoms with Gasteiger partial charge in [-0.3, -0.25) is 4.79 Å². The van der Waals surface area contributed by atoms with Gasteiger partial charge in [0.15, 0.2) is 11.5 Å². The van der Waals surface area contributed by atoms with E-state index in [2.05, 4.69) is 15.8 Å². The number of carbonyl (C=O) groups excluding carboxylic acids is 1. The molecule has 0 saturated heterocycles. The predicted molar refractivity (Wildman–Crippen MR) is 122 cm³/mol. The zero-order valence-corrected chi connectivity index (χ0v) is 17.7. The Hall–Kier alpha value is -3.58. The number of phenolic OH excluding ortho intramolecular Hbond substituents is 1. The SMILES string of the molecule is COc1ccc(CCNCCC(=O)N/N=C/c2c(O)ccc3ccccc23)cc1OC. The molecule has 3 rings (SSSR count). The van der Waals surface area contributed by atoms with Gasteiger partial charge in [0.25, 0.3) is 0 Å². The van der Waals surface area contributed by atoms with Gasteiger partial charge in [-0.1, -0.05) is 36.4 Å². The molecule has 3 aromatic rings. The number of ether oxygens (including phenoxy) is 2. The Labute approximate surface area is 181 Å². The van der Waals surface area contributed by atoms with Crippen LogP contribution in [-0.4, -0.2) is 44.5 Å². The van der Waals surface area contributed by atoms with E-state index in [-0.39, 0.29) is 11.7 Å². The van der Waals surface area contributed by atoms with E-state index in [1.165, 1.54) is 6.21 Å². The van der Waals surface area contributed by atoms with Crippen molar-refractivity contribution in [3.63, 3.8) is 0 Å². The molecule has 0 aliphatic rings. The lowest BCUT2D eigenvalue weighted by molar-refractivity contribution is -0.120. The fourth-order valence-electron chi connectivity index (χ4n) is 3.24. The van der Waals surface area contributed by atoms with Crippen molar-refractivity contribution in [3.05, 3.63) is 65.7 Å². The van der Waals surface area contributed by atoms with Gasteiger partial charge >= 0.3 is 0 Å². The number of carbonyl (C=O) groups is 1. The van der Waals surface area contributed by atoms with Crippen molar-refractivity contribution in [2.75, 3.05) is 27.3 Å². The second-order valence-electron chi connectivity index (χ2n) is 6.95. The van der Waals surface area contributed by atoms with Crippen molar-refractivity contribution in [1.82, 2.24) is 10.7 Å². The molecule has 0 fully saturated rings. The zero-order valence-electron chi connectivity index (χ0n) is 17.7. The molecule has 0 unspecified atom stereocenters. The molecule has 1 amide bonds. The van der Waals surface area contributed by atoms with Gasteiger partial charge in [0.05, 0.1) is 20.4 Å². The van der Waals surface area contributed by atoms with E-state index in [0.29, 0.717) is 30.0 Å². The van der Waals surface area contributed by atoms with Crippen LogP contribution in [0, 0.1) is 0 Å². The first-order valence-corrected chi connectivity index (χ1v) is 10.1. The fourth-order valence-corrected chi connectivity index (χ4v) is 3.24. The molecular formula is C24H27N3O4. The Morgan fingerprint density at radius 1 is 1.03 bits per heavy atom. The first kappa shape index (κ1) is 22.1. The zero-order chi connectivity index (χ0) is 22.1. The van der Waals surface area contributed by atoms with Gasteiger partial charge in [0, 0.05) is 18.5 Å². The molecular weight excluding hydrogens is 394 g/mol. The van der Waals surface area contributed by atoms with Crippen LogP contribution in [0.4, 0.5) is 0 Å². The lowest BCUT2D eigenvalue weighted by atomic mass is 10.0. The molecule has 0 aliphatic heterocycles. The van der Waals surface area contributed by atoms with Crippen LogP contribution in [0.15, 0.2) is 59.7 Å². The summed E-state index contributed by atoms with van der Waals surface area (Å²) in [6.07, 6.45) is 2.57. The maximum Gasteiger partial charge on any atom is 0.241 e. The number of aromatic hydroxyl groups is 1. The number of phenols is 1. The molecule has 0 bridgehead atoms. The van der Waals surface area contributed by atoms with Gasteiger partial charge in [-0.15, -0.1) is 0 Å². The van der Waals surface area contributed by atoms with Gasteiger partial charge in [0.1, 0.15) is 5.75 Å². The van der Waals surface area contributed by atoms with Crippen molar-refractivity contribution in [3.8, 4) is 17.2 Å². The van der Waals surface area contributed by atoms with Crippen LogP contribution < -0.4 is 20.2 Å². The van der Waals surface area contributed by atoms with Gasteiger partial charge in [-0.2, -0.15) is 5.10 Å². The highest BCUT2D eigenvalue weighted by molar-refractivity contribution is 6.02. The van der Waals surface area contributed by atoms with Crippen LogP contribution in [0.1, 0.15) is 17.5 Å². The molecule has 0 radical (unpaired) electrons. The van der Waals surface area contributed by atoms with Crippen molar-refractivity contribution in [2.45, 2.75) is 12.8 Å². The van der Waals surface area contributed by atoms with Crippen molar-refractivity contribution in [1.29, 1.82) is 0 Å². The van der Waals surface area contributed by atoms with E-state index in [1.807, 2.05) is 48.5 Å². The Morgan fingerprint density at radius 2 is 1.84 bits per heavy atom. The quantitative estimate of drug-likeness (QED) is 0.266. The van der Waals surface area contributed by atoms with Crippen LogP contribution in [0.5, 0.6) is 17.2 Å². The second-order valence-corrected chi connectivity index (χ2v) is 6.95. The Morgan fingerprint density at radius 3 is 2.65 bits per heavy atom. The molecule has 7 nitrogen and oxygen atoms in total. The maximum absolute atomic E-state index is 12.0. The normalized spacial score (nSPS) is 11.0. The van der Waals surface area contributed by atoms with Gasteiger partial charge in [-0.05, 0) is 47.5 Å². The van der Waals surface area contributed by atoms with Gasteiger partial charge in [0.2, 0.25) is 5.91 Å². The number of amides is 1. The summed E-state index contributed by atoms with van der Waals surface area (Å²) in [7, 11) is 3.22. The molecule has 31 heavy (non-hydrogen) atoms. The largest absolute Gasteiger partial charge is 0.507 e. The number of hydrogen-bond acceptors (Lipinski definition) is 6. The van der Waals surface area contributed by atoms with Crippen LogP contribution in [0.2, 0.25) is 0 Å².